The van der Waals surface area contributed by atoms with Crippen LogP contribution in [0.2, 0.25) is 0 Å². The highest BCUT2D eigenvalue weighted by molar-refractivity contribution is 5.98. The molecule has 0 bridgehead atoms. The molecular formula is C15H17NO6. The van der Waals surface area contributed by atoms with Crippen molar-refractivity contribution in [1.82, 2.24) is 5.32 Å². The van der Waals surface area contributed by atoms with Gasteiger partial charge in [-0.3, -0.25) is 14.4 Å². The number of nitrogens with one attached hydrogen (secondary N) is 1. The Labute approximate surface area is 127 Å². The summed E-state index contributed by atoms with van der Waals surface area (Å²) in [6.45, 7) is 1.89. The minimum Gasteiger partial charge on any atom is -0.481 e. The fourth-order valence-electron chi connectivity index (χ4n) is 1.75. The van der Waals surface area contributed by atoms with Crippen LogP contribution < -0.4 is 5.32 Å². The van der Waals surface area contributed by atoms with E-state index in [2.05, 4.69) is 5.32 Å². The molecule has 0 saturated carbocycles. The van der Waals surface area contributed by atoms with Crippen molar-refractivity contribution in [1.29, 1.82) is 0 Å². The molecular weight excluding hydrogens is 290 g/mol. The number of aliphatic carboxylic acids is 2. The minimum absolute atomic E-state index is 0.0751. The molecule has 1 amide bonds. The molecule has 0 aliphatic rings. The Balaban J connectivity index is 2.51. The summed E-state index contributed by atoms with van der Waals surface area (Å²) >= 11 is 0. The van der Waals surface area contributed by atoms with Crippen LogP contribution in [0.15, 0.2) is 24.3 Å². The lowest BCUT2D eigenvalue weighted by molar-refractivity contribution is -0.147. The maximum atomic E-state index is 11.9. The summed E-state index contributed by atoms with van der Waals surface area (Å²) in [5.74, 6) is -3.67. The third-order valence-electron chi connectivity index (χ3n) is 2.96. The Hall–Kier alpha value is -2.70. The van der Waals surface area contributed by atoms with E-state index in [1.807, 2.05) is 6.92 Å². The molecule has 22 heavy (non-hydrogen) atoms. The van der Waals surface area contributed by atoms with Gasteiger partial charge >= 0.3 is 11.9 Å². The average Bonchev–Trinajstić information content (AvgIpc) is 2.44. The molecule has 1 aromatic rings. The number of amides is 1. The maximum Gasteiger partial charge on any atom is 0.326 e. The molecule has 0 aliphatic heterocycles. The second-order valence-electron chi connectivity index (χ2n) is 4.85. The van der Waals surface area contributed by atoms with Gasteiger partial charge in [-0.2, -0.15) is 0 Å². The van der Waals surface area contributed by atoms with Gasteiger partial charge in [0.05, 0.1) is 6.42 Å². The number of carbonyl (C=O) groups is 4. The third kappa shape index (κ3) is 5.74. The van der Waals surface area contributed by atoms with Crippen LogP contribution in [0.4, 0.5) is 0 Å². The van der Waals surface area contributed by atoms with E-state index in [1.54, 1.807) is 24.3 Å². The number of hydrogen-bond acceptors (Lipinski definition) is 4. The summed E-state index contributed by atoms with van der Waals surface area (Å²) in [5.41, 5.74) is 1.48. The topological polar surface area (TPSA) is 121 Å². The zero-order valence-electron chi connectivity index (χ0n) is 12.0. The molecule has 1 atom stereocenters. The van der Waals surface area contributed by atoms with Gasteiger partial charge in [-0.25, -0.2) is 4.79 Å². The standard InChI is InChI=1S/C15H17NO6/c1-9-2-4-10(5-3-9)12(17)6-7-13(18)16-11(15(21)22)8-14(19)20/h2-5,11H,6-8H2,1H3,(H,16,18)(H,19,20)(H,21,22). The molecule has 0 aromatic heterocycles. The smallest absolute Gasteiger partial charge is 0.326 e. The van der Waals surface area contributed by atoms with Gasteiger partial charge in [-0.15, -0.1) is 0 Å². The number of carbonyl (C=O) groups excluding carboxylic acids is 2. The zero-order valence-corrected chi connectivity index (χ0v) is 12.0. The molecule has 3 N–H and O–H groups in total. The average molecular weight is 307 g/mol. The second kappa shape index (κ2) is 7.92. The molecule has 0 radical (unpaired) electrons. The SMILES string of the molecule is Cc1ccc(C(=O)CCC(=O)NC(CC(=O)O)C(=O)O)cc1. The van der Waals surface area contributed by atoms with Crippen molar-refractivity contribution < 1.29 is 29.4 Å². The summed E-state index contributed by atoms with van der Waals surface area (Å²) in [6, 6.07) is 5.36. The van der Waals surface area contributed by atoms with Crippen LogP contribution in [-0.4, -0.2) is 39.9 Å². The molecule has 1 unspecified atom stereocenters. The van der Waals surface area contributed by atoms with Gasteiger partial charge in [-0.05, 0) is 6.92 Å². The largest absolute Gasteiger partial charge is 0.481 e. The predicted octanol–water partition coefficient (Wildman–Crippen LogP) is 1.00. The molecule has 0 aliphatic carbocycles. The van der Waals surface area contributed by atoms with Gasteiger partial charge < -0.3 is 15.5 Å². The molecule has 0 fully saturated rings. The molecule has 0 saturated heterocycles. The number of rotatable bonds is 8. The molecule has 0 spiro atoms. The fraction of sp³-hybridized carbons (Fsp3) is 0.333. The van der Waals surface area contributed by atoms with E-state index in [1.165, 1.54) is 0 Å². The maximum absolute atomic E-state index is 11.9. The lowest BCUT2D eigenvalue weighted by Gasteiger charge is -2.12. The summed E-state index contributed by atoms with van der Waals surface area (Å²) < 4.78 is 0. The van der Waals surface area contributed by atoms with Crippen LogP contribution in [0.5, 0.6) is 0 Å². The first-order chi connectivity index (χ1) is 10.3. The first-order valence-corrected chi connectivity index (χ1v) is 6.63. The van der Waals surface area contributed by atoms with Crippen LogP contribution in [0.1, 0.15) is 35.2 Å². The molecule has 1 aromatic carbocycles. The predicted molar refractivity (Wildman–Crippen MR) is 76.6 cm³/mol. The Morgan fingerprint density at radius 2 is 1.64 bits per heavy atom. The molecule has 0 heterocycles. The summed E-state index contributed by atoms with van der Waals surface area (Å²) in [4.78, 5) is 44.8. The lowest BCUT2D eigenvalue weighted by Crippen LogP contribution is -2.42. The zero-order chi connectivity index (χ0) is 16.7. The number of ketones is 1. The Morgan fingerprint density at radius 3 is 2.14 bits per heavy atom. The van der Waals surface area contributed by atoms with Gasteiger partial charge in [-0.1, -0.05) is 29.8 Å². The van der Waals surface area contributed by atoms with Crippen molar-refractivity contribution in [3.05, 3.63) is 35.4 Å². The van der Waals surface area contributed by atoms with Crippen molar-refractivity contribution in [2.45, 2.75) is 32.2 Å². The van der Waals surface area contributed by atoms with Crippen LogP contribution >= 0.6 is 0 Å². The highest BCUT2D eigenvalue weighted by atomic mass is 16.4. The van der Waals surface area contributed by atoms with Crippen LogP contribution in [0.3, 0.4) is 0 Å². The normalized spacial score (nSPS) is 11.5. The van der Waals surface area contributed by atoms with E-state index in [9.17, 15) is 19.2 Å². The Bertz CT molecular complexity index is 578. The Morgan fingerprint density at radius 1 is 1.05 bits per heavy atom. The summed E-state index contributed by atoms with van der Waals surface area (Å²) in [7, 11) is 0. The number of benzene rings is 1. The van der Waals surface area contributed by atoms with Gasteiger partial charge in [0.25, 0.3) is 0 Å². The summed E-state index contributed by atoms with van der Waals surface area (Å²) in [6.07, 6.45) is -0.989. The van der Waals surface area contributed by atoms with Gasteiger partial charge in [0.2, 0.25) is 5.91 Å². The van der Waals surface area contributed by atoms with Crippen molar-refractivity contribution in [2.24, 2.45) is 0 Å². The highest BCUT2D eigenvalue weighted by Gasteiger charge is 2.23. The van der Waals surface area contributed by atoms with E-state index < -0.39 is 30.3 Å². The van der Waals surface area contributed by atoms with E-state index in [0.717, 1.165) is 5.56 Å². The quantitative estimate of drug-likeness (QED) is 0.616. The fourth-order valence-corrected chi connectivity index (χ4v) is 1.75. The number of Topliss-reactive ketones (excluding diaryl/α,β-unsaturated/α-hetero) is 1. The minimum atomic E-state index is -1.50. The number of carboxylic acids is 2. The van der Waals surface area contributed by atoms with Crippen LogP contribution in [-0.2, 0) is 14.4 Å². The third-order valence-corrected chi connectivity index (χ3v) is 2.96. The van der Waals surface area contributed by atoms with Crippen molar-refractivity contribution in [3.8, 4) is 0 Å². The van der Waals surface area contributed by atoms with E-state index in [-0.39, 0.29) is 18.6 Å². The summed E-state index contributed by atoms with van der Waals surface area (Å²) in [5, 5.41) is 19.5. The van der Waals surface area contributed by atoms with Crippen LogP contribution in [0.25, 0.3) is 0 Å². The number of hydrogen-bond donors (Lipinski definition) is 3. The molecule has 7 nitrogen and oxygen atoms in total. The molecule has 1 rings (SSSR count). The number of aryl methyl sites for hydroxylation is 1. The van der Waals surface area contributed by atoms with Crippen LogP contribution in [0, 0.1) is 6.92 Å². The molecule has 118 valence electrons. The van der Waals surface area contributed by atoms with Crippen molar-refractivity contribution >= 4 is 23.6 Å². The van der Waals surface area contributed by atoms with E-state index >= 15 is 0 Å². The van der Waals surface area contributed by atoms with Gasteiger partial charge in [0.1, 0.15) is 6.04 Å². The first kappa shape index (κ1) is 17.4. The lowest BCUT2D eigenvalue weighted by atomic mass is 10.0. The van der Waals surface area contributed by atoms with E-state index in [0.29, 0.717) is 5.56 Å². The van der Waals surface area contributed by atoms with Gasteiger partial charge in [0, 0.05) is 18.4 Å². The van der Waals surface area contributed by atoms with Crippen molar-refractivity contribution in [3.63, 3.8) is 0 Å². The van der Waals surface area contributed by atoms with E-state index in [4.69, 9.17) is 10.2 Å². The monoisotopic (exact) mass is 307 g/mol. The highest BCUT2D eigenvalue weighted by Crippen LogP contribution is 2.08. The molecule has 7 heteroatoms. The Kier molecular flexibility index (Phi) is 6.25. The second-order valence-corrected chi connectivity index (χ2v) is 4.85. The van der Waals surface area contributed by atoms with Gasteiger partial charge in [0.15, 0.2) is 5.78 Å². The first-order valence-electron chi connectivity index (χ1n) is 6.63. The number of carboxylic acid groups (broad SMARTS) is 2. The van der Waals surface area contributed by atoms with Crippen molar-refractivity contribution in [2.75, 3.05) is 0 Å².